The molecule has 2 heterocycles. The van der Waals surface area contributed by atoms with Crippen molar-refractivity contribution < 1.29 is 9.66 Å². The van der Waals surface area contributed by atoms with Crippen molar-refractivity contribution in [2.75, 3.05) is 18.0 Å². The molecule has 30 heavy (non-hydrogen) atoms. The summed E-state index contributed by atoms with van der Waals surface area (Å²) in [7, 11) is 0. The van der Waals surface area contributed by atoms with E-state index in [9.17, 15) is 9.66 Å². The molecule has 2 unspecified atom stereocenters. The van der Waals surface area contributed by atoms with E-state index < -0.39 is 11.4 Å². The van der Waals surface area contributed by atoms with Gasteiger partial charge in [-0.1, -0.05) is 24.3 Å². The molecule has 0 amide bonds. The van der Waals surface area contributed by atoms with E-state index in [4.69, 9.17) is 0 Å². The van der Waals surface area contributed by atoms with E-state index >= 15 is 0 Å². The number of halogens is 1. The Morgan fingerprint density at radius 2 is 2.00 bits per heavy atom. The SMILES string of the molecule is CC(C)(C)[S+]([O-])NC1c2ccccc2CC12CCN(c1ncc(Br)nc1CO)CC2. The largest absolute Gasteiger partial charge is 0.598 e. The second-order valence-electron chi connectivity index (χ2n) is 9.28. The molecule has 1 aliphatic heterocycles. The molecule has 2 N–H and O–H groups in total. The minimum absolute atomic E-state index is 0.0310. The summed E-state index contributed by atoms with van der Waals surface area (Å²) in [5.74, 6) is 0.758. The van der Waals surface area contributed by atoms with Crippen LogP contribution in [-0.2, 0) is 24.4 Å². The van der Waals surface area contributed by atoms with Gasteiger partial charge in [0.25, 0.3) is 0 Å². The lowest BCUT2D eigenvalue weighted by Gasteiger charge is -2.44. The summed E-state index contributed by atoms with van der Waals surface area (Å²) in [5, 5.41) is 9.72. The fourth-order valence-corrected chi connectivity index (χ4v) is 5.92. The van der Waals surface area contributed by atoms with E-state index in [-0.39, 0.29) is 22.8 Å². The molecule has 1 fully saturated rings. The van der Waals surface area contributed by atoms with Crippen LogP contribution in [0.2, 0.25) is 0 Å². The molecule has 162 valence electrons. The first-order valence-corrected chi connectivity index (χ1v) is 12.3. The number of rotatable bonds is 4. The Morgan fingerprint density at radius 1 is 1.30 bits per heavy atom. The second-order valence-corrected chi connectivity index (χ2v) is 12.1. The zero-order valence-corrected chi connectivity index (χ0v) is 20.1. The molecule has 1 spiro atoms. The fourth-order valence-electron chi connectivity index (χ4n) is 4.66. The van der Waals surface area contributed by atoms with Crippen LogP contribution in [0.3, 0.4) is 0 Å². The molecule has 1 aromatic carbocycles. The van der Waals surface area contributed by atoms with Crippen molar-refractivity contribution >= 4 is 33.1 Å². The fraction of sp³-hybridized carbons (Fsp3) is 0.545. The molecular weight excluding hydrogens is 464 g/mol. The smallest absolute Gasteiger partial charge is 0.152 e. The van der Waals surface area contributed by atoms with Crippen LogP contribution in [0.25, 0.3) is 0 Å². The molecule has 1 aliphatic carbocycles. The van der Waals surface area contributed by atoms with Crippen LogP contribution in [0.15, 0.2) is 35.1 Å². The molecule has 6 nitrogen and oxygen atoms in total. The van der Waals surface area contributed by atoms with Crippen LogP contribution < -0.4 is 9.62 Å². The van der Waals surface area contributed by atoms with E-state index in [1.54, 1.807) is 6.20 Å². The monoisotopic (exact) mass is 492 g/mol. The Bertz CT molecular complexity index is 912. The number of aliphatic hydroxyl groups excluding tert-OH is 1. The molecule has 1 aromatic heterocycles. The number of anilines is 1. The van der Waals surface area contributed by atoms with Crippen molar-refractivity contribution in [2.45, 2.75) is 57.4 Å². The van der Waals surface area contributed by atoms with Gasteiger partial charge in [-0.2, -0.15) is 0 Å². The number of benzene rings is 1. The highest BCUT2D eigenvalue weighted by atomic mass is 79.9. The zero-order valence-electron chi connectivity index (χ0n) is 17.7. The van der Waals surface area contributed by atoms with Crippen LogP contribution in [0.1, 0.15) is 56.5 Å². The number of nitrogens with zero attached hydrogens (tertiary/aromatic N) is 3. The van der Waals surface area contributed by atoms with E-state index in [1.165, 1.54) is 11.1 Å². The van der Waals surface area contributed by atoms with Crippen LogP contribution in [0, 0.1) is 5.41 Å². The summed E-state index contributed by atoms with van der Waals surface area (Å²) >= 11 is 2.19. The number of hydrogen-bond acceptors (Lipinski definition) is 6. The van der Waals surface area contributed by atoms with Gasteiger partial charge in [0.1, 0.15) is 15.0 Å². The lowest BCUT2D eigenvalue weighted by molar-refractivity contribution is 0.175. The maximum atomic E-state index is 13.0. The van der Waals surface area contributed by atoms with Gasteiger partial charge < -0.3 is 14.6 Å². The second kappa shape index (κ2) is 8.39. The van der Waals surface area contributed by atoms with E-state index in [1.807, 2.05) is 20.8 Å². The summed E-state index contributed by atoms with van der Waals surface area (Å²) < 4.78 is 16.8. The van der Waals surface area contributed by atoms with Gasteiger partial charge in [0.15, 0.2) is 5.82 Å². The number of nitrogens with one attached hydrogen (secondary N) is 1. The maximum absolute atomic E-state index is 13.0. The maximum Gasteiger partial charge on any atom is 0.152 e. The Morgan fingerprint density at radius 3 is 2.67 bits per heavy atom. The summed E-state index contributed by atoms with van der Waals surface area (Å²) in [6.45, 7) is 7.55. The Hall–Kier alpha value is -1.19. The molecular formula is C22H29BrN4O2S. The highest BCUT2D eigenvalue weighted by molar-refractivity contribution is 9.10. The molecule has 0 saturated carbocycles. The topological polar surface area (TPSA) is 84.3 Å². The molecule has 2 atom stereocenters. The van der Waals surface area contributed by atoms with Gasteiger partial charge >= 0.3 is 0 Å². The third kappa shape index (κ3) is 4.12. The Labute approximate surface area is 189 Å². The van der Waals surface area contributed by atoms with Gasteiger partial charge in [-0.25, -0.2) is 9.97 Å². The first kappa shape index (κ1) is 22.0. The van der Waals surface area contributed by atoms with E-state index in [0.717, 1.165) is 38.2 Å². The number of fused-ring (bicyclic) bond motifs is 1. The molecule has 1 saturated heterocycles. The summed E-state index contributed by atoms with van der Waals surface area (Å²) in [5.41, 5.74) is 3.26. The number of aliphatic hydroxyl groups is 1. The summed E-state index contributed by atoms with van der Waals surface area (Å²) in [6.07, 6.45) is 4.60. The normalized spacial score (nSPS) is 21.7. The molecule has 2 aromatic rings. The van der Waals surface area contributed by atoms with Crippen molar-refractivity contribution in [1.29, 1.82) is 0 Å². The first-order valence-electron chi connectivity index (χ1n) is 10.4. The minimum atomic E-state index is -1.14. The highest BCUT2D eigenvalue weighted by Gasteiger charge is 2.50. The molecule has 0 bridgehead atoms. The number of piperidine rings is 1. The summed E-state index contributed by atoms with van der Waals surface area (Å²) in [4.78, 5) is 11.1. The third-order valence-corrected chi connectivity index (χ3v) is 8.25. The van der Waals surface area contributed by atoms with Gasteiger partial charge in [-0.05, 0) is 67.1 Å². The van der Waals surface area contributed by atoms with Crippen LogP contribution in [-0.4, -0.2) is 37.5 Å². The van der Waals surface area contributed by atoms with E-state index in [0.29, 0.717) is 10.3 Å². The van der Waals surface area contributed by atoms with Gasteiger partial charge in [0, 0.05) is 29.9 Å². The highest BCUT2D eigenvalue weighted by Crippen LogP contribution is 2.52. The molecule has 2 aliphatic rings. The van der Waals surface area contributed by atoms with Crippen molar-refractivity contribution in [2.24, 2.45) is 5.41 Å². The van der Waals surface area contributed by atoms with Crippen molar-refractivity contribution in [3.63, 3.8) is 0 Å². The first-order chi connectivity index (χ1) is 14.2. The lowest BCUT2D eigenvalue weighted by Crippen LogP contribution is -2.50. The number of hydrogen-bond donors (Lipinski definition) is 2. The molecule has 0 radical (unpaired) electrons. The predicted molar refractivity (Wildman–Crippen MR) is 123 cm³/mol. The van der Waals surface area contributed by atoms with Gasteiger partial charge in [-0.3, -0.25) is 0 Å². The third-order valence-electron chi connectivity index (χ3n) is 6.30. The van der Waals surface area contributed by atoms with Crippen molar-refractivity contribution in [3.8, 4) is 0 Å². The summed E-state index contributed by atoms with van der Waals surface area (Å²) in [6, 6.07) is 8.62. The average Bonchev–Trinajstić information content (AvgIpc) is 3.01. The standard InChI is InChI=1S/C22H29BrN4O2S/c1-21(2,3)30(29)26-19-16-7-5-4-6-15(16)12-22(19)8-10-27(11-9-22)20-17(14-28)25-18(23)13-24-20/h4-7,13,19,26,28H,8-12,14H2,1-3H3. The van der Waals surface area contributed by atoms with E-state index in [2.05, 4.69) is 59.8 Å². The van der Waals surface area contributed by atoms with Crippen LogP contribution in [0.4, 0.5) is 5.82 Å². The average molecular weight is 493 g/mol. The van der Waals surface area contributed by atoms with Gasteiger partial charge in [-0.15, -0.1) is 4.72 Å². The van der Waals surface area contributed by atoms with Gasteiger partial charge in [0.2, 0.25) is 0 Å². The van der Waals surface area contributed by atoms with Crippen molar-refractivity contribution in [1.82, 2.24) is 14.7 Å². The minimum Gasteiger partial charge on any atom is -0.598 e. The lowest BCUT2D eigenvalue weighted by atomic mass is 9.73. The predicted octanol–water partition coefficient (Wildman–Crippen LogP) is 3.67. The molecule has 8 heteroatoms. The molecule has 4 rings (SSSR count). The Kier molecular flexibility index (Phi) is 6.16. The zero-order chi connectivity index (χ0) is 21.5. The van der Waals surface area contributed by atoms with Crippen LogP contribution in [0.5, 0.6) is 0 Å². The Balaban J connectivity index is 1.58. The quantitative estimate of drug-likeness (QED) is 0.633. The van der Waals surface area contributed by atoms with Gasteiger partial charge in [0.05, 0.1) is 18.8 Å². The van der Waals surface area contributed by atoms with Crippen LogP contribution >= 0.6 is 15.9 Å². The van der Waals surface area contributed by atoms with Crippen molar-refractivity contribution in [3.05, 3.63) is 51.9 Å². The number of aromatic nitrogens is 2.